The molecule has 0 aliphatic heterocycles. The van der Waals surface area contributed by atoms with Crippen molar-refractivity contribution in [1.29, 1.82) is 0 Å². The van der Waals surface area contributed by atoms with Crippen molar-refractivity contribution in [1.82, 2.24) is 0 Å². The van der Waals surface area contributed by atoms with Gasteiger partial charge in [-0.15, -0.1) is 0 Å². The van der Waals surface area contributed by atoms with E-state index in [1.165, 1.54) is 0 Å². The van der Waals surface area contributed by atoms with Gasteiger partial charge in [-0.05, 0) is 0 Å². The standard InChI is InChI=1S/C27H23BrClOP/c1-21(27(30)22-17-19-23(29)20-18-22)31(28,24-11-5-2-6-12-24,25-13-7-3-8-14-25)26-15-9-4-10-16-26/h2-21H,1H3. The normalized spacial score (nSPS) is 13.7. The molecule has 4 heteroatoms. The Hall–Kier alpha value is -2.25. The first-order valence-electron chi connectivity index (χ1n) is 10.2. The Morgan fingerprint density at radius 3 is 1.39 bits per heavy atom. The molecule has 1 unspecified atom stereocenters. The second-order valence-corrected chi connectivity index (χ2v) is 17.0. The first-order valence-corrected chi connectivity index (χ1v) is 14.9. The third-order valence-corrected chi connectivity index (χ3v) is 17.4. The predicted octanol–water partition coefficient (Wildman–Crippen LogP) is 6.75. The fourth-order valence-corrected chi connectivity index (χ4v) is 12.3. The van der Waals surface area contributed by atoms with E-state index in [4.69, 9.17) is 11.6 Å². The van der Waals surface area contributed by atoms with Crippen molar-refractivity contribution in [3.8, 4) is 0 Å². The molecule has 1 nitrogen and oxygen atoms in total. The molecule has 0 saturated heterocycles. The number of hydrogen-bond donors (Lipinski definition) is 0. The molecule has 31 heavy (non-hydrogen) atoms. The fraction of sp³-hybridized carbons (Fsp3) is 0.0741. The minimum absolute atomic E-state index is 0.0859. The monoisotopic (exact) mass is 508 g/mol. The molecular formula is C27H23BrClOP. The maximum absolute atomic E-state index is 14.0. The van der Waals surface area contributed by atoms with Gasteiger partial charge in [0.25, 0.3) is 0 Å². The number of halogens is 2. The van der Waals surface area contributed by atoms with Crippen LogP contribution in [-0.4, -0.2) is 11.4 Å². The fourth-order valence-electron chi connectivity index (χ4n) is 4.35. The van der Waals surface area contributed by atoms with Gasteiger partial charge in [0, 0.05) is 0 Å². The summed E-state index contributed by atoms with van der Waals surface area (Å²) in [5, 5.41) is 0.617. The summed E-state index contributed by atoms with van der Waals surface area (Å²) >= 11 is 10.5. The zero-order valence-electron chi connectivity index (χ0n) is 17.2. The van der Waals surface area contributed by atoms with Crippen molar-refractivity contribution in [3.63, 3.8) is 0 Å². The summed E-state index contributed by atoms with van der Waals surface area (Å²) in [6.45, 7) is 2.05. The van der Waals surface area contributed by atoms with Gasteiger partial charge in [0.1, 0.15) is 0 Å². The van der Waals surface area contributed by atoms with Crippen molar-refractivity contribution in [2.45, 2.75) is 12.6 Å². The second-order valence-electron chi connectivity index (χ2n) is 7.63. The molecule has 0 saturated carbocycles. The van der Waals surface area contributed by atoms with Gasteiger partial charge in [0.2, 0.25) is 0 Å². The molecule has 4 aromatic carbocycles. The molecule has 0 fully saturated rings. The van der Waals surface area contributed by atoms with E-state index < -0.39 is 5.31 Å². The van der Waals surface area contributed by atoms with E-state index in [1.54, 1.807) is 12.1 Å². The molecule has 0 bridgehead atoms. The number of hydrogen-bond acceptors (Lipinski definition) is 1. The molecule has 0 amide bonds. The molecule has 4 rings (SSSR count). The molecule has 0 aromatic heterocycles. The molecule has 0 N–H and O–H groups in total. The summed E-state index contributed by atoms with van der Waals surface area (Å²) in [6.07, 6.45) is 0. The van der Waals surface area contributed by atoms with Gasteiger partial charge in [-0.25, -0.2) is 0 Å². The van der Waals surface area contributed by atoms with E-state index in [1.807, 2.05) is 66.7 Å². The van der Waals surface area contributed by atoms with Gasteiger partial charge in [0.15, 0.2) is 0 Å². The Morgan fingerprint density at radius 2 is 1.03 bits per heavy atom. The quantitative estimate of drug-likeness (QED) is 0.207. The van der Waals surface area contributed by atoms with Crippen LogP contribution in [0.3, 0.4) is 0 Å². The van der Waals surface area contributed by atoms with E-state index in [9.17, 15) is 4.79 Å². The van der Waals surface area contributed by atoms with Gasteiger partial charge < -0.3 is 0 Å². The predicted molar refractivity (Wildman–Crippen MR) is 139 cm³/mol. The number of ketones is 1. The molecule has 0 aliphatic carbocycles. The zero-order chi connectivity index (χ0) is 21.9. The van der Waals surface area contributed by atoms with Crippen LogP contribution in [0.5, 0.6) is 0 Å². The Balaban J connectivity index is 2.08. The Kier molecular flexibility index (Phi) is 6.17. The molecule has 0 spiro atoms. The zero-order valence-corrected chi connectivity index (χ0v) is 20.4. The van der Waals surface area contributed by atoms with Crippen LogP contribution in [0.4, 0.5) is 0 Å². The Morgan fingerprint density at radius 1 is 0.677 bits per heavy atom. The first kappa shape index (κ1) is 22.0. The molecule has 0 aliphatic rings. The van der Waals surface area contributed by atoms with Crippen LogP contribution < -0.4 is 15.9 Å². The summed E-state index contributed by atoms with van der Waals surface area (Å²) in [6, 6.07) is 38.3. The van der Waals surface area contributed by atoms with Crippen LogP contribution in [0.2, 0.25) is 5.02 Å². The van der Waals surface area contributed by atoms with Crippen molar-refractivity contribution in [3.05, 3.63) is 126 Å². The number of Topliss-reactive ketones (excluding diaryl/α,β-unsaturated/α-hetero) is 1. The average molecular weight is 510 g/mol. The number of carbonyl (C=O) groups excluding carboxylic acids is 1. The molecule has 4 aromatic rings. The number of carbonyl (C=O) groups is 1. The Labute approximate surface area is 196 Å². The SMILES string of the molecule is CC(C(=O)c1ccc(Cl)cc1)P(Br)(c1ccccc1)(c1ccccc1)c1ccccc1. The molecule has 1 atom stereocenters. The molecular weight excluding hydrogens is 487 g/mol. The number of benzene rings is 4. The maximum atomic E-state index is 14.0. The van der Waals surface area contributed by atoms with Crippen LogP contribution in [0.1, 0.15) is 17.3 Å². The summed E-state index contributed by atoms with van der Waals surface area (Å²) in [7, 11) is 0. The number of rotatable bonds is 6. The van der Waals surface area contributed by atoms with Crippen LogP contribution in [-0.2, 0) is 0 Å². The first-order chi connectivity index (χ1) is 15.0. The van der Waals surface area contributed by atoms with Gasteiger partial charge in [-0.2, -0.15) is 0 Å². The third kappa shape index (κ3) is 3.57. The van der Waals surface area contributed by atoms with Crippen molar-refractivity contribution in [2.24, 2.45) is 0 Å². The van der Waals surface area contributed by atoms with Crippen molar-refractivity contribution < 1.29 is 4.79 Å². The minimum atomic E-state index is -3.38. The summed E-state index contributed by atoms with van der Waals surface area (Å²) in [4.78, 5) is 14.0. The summed E-state index contributed by atoms with van der Waals surface area (Å²) in [5.41, 5.74) is 0.313. The van der Waals surface area contributed by atoms with E-state index in [0.717, 1.165) is 15.9 Å². The third-order valence-electron chi connectivity index (χ3n) is 6.02. The van der Waals surface area contributed by atoms with Crippen LogP contribution in [0.15, 0.2) is 115 Å². The van der Waals surface area contributed by atoms with Gasteiger partial charge >= 0.3 is 197 Å². The topological polar surface area (TPSA) is 17.1 Å². The summed E-state index contributed by atoms with van der Waals surface area (Å²) < 4.78 is 0. The van der Waals surface area contributed by atoms with E-state index in [-0.39, 0.29) is 11.4 Å². The van der Waals surface area contributed by atoms with Crippen LogP contribution in [0, 0.1) is 0 Å². The van der Waals surface area contributed by atoms with Gasteiger partial charge in [-0.3, -0.25) is 0 Å². The molecule has 156 valence electrons. The van der Waals surface area contributed by atoms with Gasteiger partial charge in [-0.1, -0.05) is 0 Å². The Bertz CT molecular complexity index is 1080. The van der Waals surface area contributed by atoms with E-state index in [2.05, 4.69) is 58.8 Å². The molecule has 0 radical (unpaired) electrons. The van der Waals surface area contributed by atoms with E-state index >= 15 is 0 Å². The van der Waals surface area contributed by atoms with Gasteiger partial charge in [0.05, 0.1) is 0 Å². The molecule has 0 heterocycles. The van der Waals surface area contributed by atoms with Crippen molar-refractivity contribution >= 4 is 54.1 Å². The van der Waals surface area contributed by atoms with Crippen LogP contribution >= 0.6 is 32.4 Å². The van der Waals surface area contributed by atoms with E-state index in [0.29, 0.717) is 10.6 Å². The van der Waals surface area contributed by atoms with Crippen molar-refractivity contribution in [2.75, 3.05) is 0 Å². The average Bonchev–Trinajstić information content (AvgIpc) is 2.85. The second kappa shape index (κ2) is 8.71. The summed E-state index contributed by atoms with van der Waals surface area (Å²) in [5.74, 6) is 0.0859. The van der Waals surface area contributed by atoms with Crippen LogP contribution in [0.25, 0.3) is 0 Å².